The van der Waals surface area contributed by atoms with Gasteiger partial charge in [0.15, 0.2) is 0 Å². The second-order valence-electron chi connectivity index (χ2n) is 1.38. The van der Waals surface area contributed by atoms with Crippen LogP contribution in [0, 0.1) is 24.6 Å². The Kier molecular flexibility index (Phi) is 67.6. The van der Waals surface area contributed by atoms with Gasteiger partial charge in [-0.05, 0) is 0 Å². The van der Waals surface area contributed by atoms with Crippen molar-refractivity contribution < 1.29 is 26.7 Å². The third-order valence-electron chi connectivity index (χ3n) is 0.667. The second kappa shape index (κ2) is 41.2. The first kappa shape index (κ1) is 23.0. The molecule has 1 aromatic carbocycles. The predicted octanol–water partition coefficient (Wildman–Crippen LogP) is 2.14. The van der Waals surface area contributed by atoms with Crippen LogP contribution in [-0.4, -0.2) is 0 Å². The summed E-state index contributed by atoms with van der Waals surface area (Å²) in [5, 5.41) is 7.32. The zero-order chi connectivity index (χ0) is 10.9. The van der Waals surface area contributed by atoms with Gasteiger partial charge in [-0.2, -0.15) is 5.26 Å². The van der Waals surface area contributed by atoms with E-state index < -0.39 is 0 Å². The van der Waals surface area contributed by atoms with Gasteiger partial charge in [-0.15, -0.1) is 0 Å². The van der Waals surface area contributed by atoms with E-state index in [0.717, 1.165) is 0 Å². The Morgan fingerprint density at radius 3 is 1.00 bits per heavy atom. The van der Waals surface area contributed by atoms with E-state index in [1.165, 1.54) is 6.92 Å². The molecule has 0 aliphatic carbocycles. The van der Waals surface area contributed by atoms with Crippen molar-refractivity contribution in [1.82, 2.24) is 0 Å². The minimum Gasteiger partial charge on any atom is -0.0623 e. The summed E-state index contributed by atoms with van der Waals surface area (Å²) in [7, 11) is 0. The first-order chi connectivity index (χ1) is 6.41. The van der Waals surface area contributed by atoms with Crippen molar-refractivity contribution in [3.05, 3.63) is 49.7 Å². The molecule has 0 aromatic heterocycles. The van der Waals surface area contributed by atoms with Crippen molar-refractivity contribution in [2.45, 2.75) is 6.92 Å². The Morgan fingerprint density at radius 1 is 0.857 bits per heavy atom. The van der Waals surface area contributed by atoms with E-state index >= 15 is 0 Å². The van der Waals surface area contributed by atoms with Gasteiger partial charge >= 0.3 is 40.0 Å². The maximum atomic E-state index is 7.50. The fourth-order valence-electron chi connectivity index (χ4n) is 0.385. The molecule has 0 radical (unpaired) electrons. The largest absolute Gasteiger partial charge is 6.00 e. The van der Waals surface area contributed by atoms with Gasteiger partial charge in [-0.3, -0.25) is 0 Å². The van der Waals surface area contributed by atoms with Gasteiger partial charge < -0.3 is 0 Å². The molecule has 0 saturated carbocycles. The van der Waals surface area contributed by atoms with Gasteiger partial charge in [-0.1, -0.05) is 36.4 Å². The number of rotatable bonds is 0. The second-order valence-corrected chi connectivity index (χ2v) is 1.38. The van der Waals surface area contributed by atoms with E-state index in [-0.39, 0.29) is 17.4 Å². The Bertz CT molecular complexity index is 206. The summed E-state index contributed by atoms with van der Waals surface area (Å²) in [5.74, 6) is 0. The zero-order valence-corrected chi connectivity index (χ0v) is 8.91. The third kappa shape index (κ3) is 45.4. The monoisotopic (exact) mass is 227 g/mol. The molecule has 0 aliphatic rings. The van der Waals surface area contributed by atoms with Gasteiger partial charge in [0.1, 0.15) is 0 Å². The van der Waals surface area contributed by atoms with Crippen LogP contribution < -0.4 is 0 Å². The summed E-state index contributed by atoms with van der Waals surface area (Å²) in [6, 6.07) is 13.8. The summed E-state index contributed by atoms with van der Waals surface area (Å²) in [6.07, 6.45) is 0. The number of hydrogen-bond acceptors (Lipinski definition) is 1. The molecule has 1 aromatic rings. The fourth-order valence-corrected chi connectivity index (χ4v) is 0.385. The van der Waals surface area contributed by atoms with Crippen LogP contribution >= 0.6 is 0 Å². The van der Waals surface area contributed by atoms with Crippen LogP contribution in [0.15, 0.2) is 36.4 Å². The van der Waals surface area contributed by atoms with Crippen molar-refractivity contribution in [2.24, 2.45) is 0 Å². The van der Waals surface area contributed by atoms with E-state index in [0.29, 0.717) is 0 Å². The van der Waals surface area contributed by atoms with E-state index in [4.69, 9.17) is 14.6 Å². The minimum absolute atomic E-state index is 0. The summed E-state index contributed by atoms with van der Waals surface area (Å²) in [6.45, 7) is 10.4. The van der Waals surface area contributed by atoms with Gasteiger partial charge in [0.25, 0.3) is 0 Å². The Labute approximate surface area is 94.9 Å². The van der Waals surface area contributed by atoms with Crippen molar-refractivity contribution in [3.8, 4) is 6.07 Å². The zero-order valence-electron chi connectivity index (χ0n) is 7.64. The van der Waals surface area contributed by atoms with Crippen molar-refractivity contribution in [1.29, 1.82) is 5.26 Å². The maximum absolute atomic E-state index is 7.50. The summed E-state index contributed by atoms with van der Waals surface area (Å²) in [4.78, 5) is 0. The average Bonchev–Trinajstić information content (AvgIpc) is 2.27. The molecule has 14 heavy (non-hydrogen) atoms. The van der Waals surface area contributed by atoms with E-state index in [9.17, 15) is 0 Å². The van der Waals surface area contributed by atoms with E-state index in [2.05, 4.69) is 13.3 Å². The number of nitriles is 1. The number of hydrogen-bond donors (Lipinski definition) is 0. The predicted molar refractivity (Wildman–Crippen MR) is 45.6 cm³/mol. The van der Waals surface area contributed by atoms with Gasteiger partial charge in [-0.25, -0.2) is 0 Å². The molecule has 0 fully saturated rings. The molecule has 0 unspecified atom stereocenters. The molecule has 0 spiro atoms. The first-order valence-corrected chi connectivity index (χ1v) is 3.13. The van der Waals surface area contributed by atoms with Crippen LogP contribution in [0.3, 0.4) is 0 Å². The molecule has 3 nitrogen and oxygen atoms in total. The van der Waals surface area contributed by atoms with Crippen molar-refractivity contribution >= 4 is 0 Å². The van der Waals surface area contributed by atoms with Crippen LogP contribution in [0.5, 0.6) is 0 Å². The topological polar surface area (TPSA) is 63.6 Å². The molecule has 0 heterocycles. The molecule has 0 N–H and O–H groups in total. The van der Waals surface area contributed by atoms with Crippen molar-refractivity contribution in [3.63, 3.8) is 0 Å². The summed E-state index contributed by atoms with van der Waals surface area (Å²) >= 11 is 0. The molecular formula is C10H9CrNO2+6. The van der Waals surface area contributed by atoms with Crippen molar-refractivity contribution in [2.75, 3.05) is 0 Å². The van der Waals surface area contributed by atoms with E-state index in [1.54, 1.807) is 6.07 Å². The smallest absolute Gasteiger partial charge is 0.0623 e. The summed E-state index contributed by atoms with van der Waals surface area (Å²) in [5.41, 5.74) is 0. The van der Waals surface area contributed by atoms with Gasteiger partial charge in [0.2, 0.25) is 0 Å². The number of nitrogens with zero attached hydrogens (tertiary/aromatic N) is 1. The summed E-state index contributed by atoms with van der Waals surface area (Å²) < 4.78 is 15.0. The molecule has 0 atom stereocenters. The molecule has 4 heteroatoms. The molecule has 66 valence electrons. The fraction of sp³-hybridized carbons (Fsp3) is 0.100. The minimum atomic E-state index is 0. The molecule has 1 rings (SSSR count). The normalized spacial score (nSPS) is 4.29. The van der Waals surface area contributed by atoms with E-state index in [1.807, 2.05) is 36.4 Å². The van der Waals surface area contributed by atoms with Crippen LogP contribution in [0.25, 0.3) is 0 Å². The van der Waals surface area contributed by atoms with Gasteiger partial charge in [0, 0.05) is 6.92 Å². The molecule has 0 amide bonds. The SMILES string of the molecule is CC#N.[C-]#[O+].[C-]#[O+].[Cr+6].c1ccccc1. The standard InChI is InChI=1S/C6H6.C2H3N.2CO.Cr/c1-2-4-6-5-3-1;1-2-3;2*1-2;/h1-6H;1H3;;;/q;;;;+6. The molecule has 0 aliphatic heterocycles. The average molecular weight is 227 g/mol. The van der Waals surface area contributed by atoms with Crippen LogP contribution in [0.2, 0.25) is 0 Å². The molecule has 0 bridgehead atoms. The van der Waals surface area contributed by atoms with Gasteiger partial charge in [0.05, 0.1) is 6.07 Å². The first-order valence-electron chi connectivity index (χ1n) is 3.13. The Hall–Kier alpha value is -1.28. The molecular weight excluding hydrogens is 218 g/mol. The number of benzene rings is 1. The maximum Gasteiger partial charge on any atom is 6.00 e. The Balaban J connectivity index is -0.0000000549. The molecule has 0 saturated heterocycles. The Morgan fingerprint density at radius 2 is 0.929 bits per heavy atom. The van der Waals surface area contributed by atoms with Crippen LogP contribution in [-0.2, 0) is 26.7 Å². The third-order valence-corrected chi connectivity index (χ3v) is 0.667. The quantitative estimate of drug-likeness (QED) is 0.494. The van der Waals surface area contributed by atoms with Crippen LogP contribution in [0.4, 0.5) is 0 Å². The van der Waals surface area contributed by atoms with Crippen LogP contribution in [0.1, 0.15) is 6.92 Å².